The van der Waals surface area contributed by atoms with Crippen molar-refractivity contribution in [2.75, 3.05) is 0 Å². The highest BCUT2D eigenvalue weighted by Gasteiger charge is 2.30. The van der Waals surface area contributed by atoms with E-state index >= 15 is 0 Å². The lowest BCUT2D eigenvalue weighted by molar-refractivity contribution is -0.148. The predicted octanol–water partition coefficient (Wildman–Crippen LogP) is 3.26. The van der Waals surface area contributed by atoms with Crippen LogP contribution in [-0.4, -0.2) is 5.97 Å². The number of ether oxygens (including phenoxy) is 1. The van der Waals surface area contributed by atoms with Gasteiger partial charge in [-0.3, -0.25) is 0 Å². The maximum atomic E-state index is 11.3. The van der Waals surface area contributed by atoms with Crippen molar-refractivity contribution in [3.8, 4) is 0 Å². The summed E-state index contributed by atoms with van der Waals surface area (Å²) in [6.45, 7) is 3.44. The first kappa shape index (κ1) is 10.9. The zero-order valence-corrected chi connectivity index (χ0v) is 9.26. The van der Waals surface area contributed by atoms with Crippen LogP contribution < -0.4 is 0 Å². The van der Waals surface area contributed by atoms with Crippen LogP contribution in [0.4, 0.5) is 0 Å². The maximum absolute atomic E-state index is 11.3. The van der Waals surface area contributed by atoms with Gasteiger partial charge in [-0.25, -0.2) is 4.79 Å². The number of carbonyl (C=O) groups is 1. The van der Waals surface area contributed by atoms with Gasteiger partial charge in [0.25, 0.3) is 0 Å². The highest BCUT2D eigenvalue weighted by molar-refractivity contribution is 5.81. The predicted molar refractivity (Wildman–Crippen MR) is 62.8 cm³/mol. The van der Waals surface area contributed by atoms with Gasteiger partial charge in [-0.1, -0.05) is 43.3 Å². The second kappa shape index (κ2) is 4.97. The van der Waals surface area contributed by atoms with Crippen LogP contribution in [-0.2, 0) is 9.53 Å². The lowest BCUT2D eigenvalue weighted by Gasteiger charge is -2.33. The summed E-state index contributed by atoms with van der Waals surface area (Å²) in [5.41, 5.74) is 1.09. The summed E-state index contributed by atoms with van der Waals surface area (Å²) < 4.78 is 5.43. The Balaban J connectivity index is 2.14. The fraction of sp³-hybridized carbons (Fsp3) is 0.357. The van der Waals surface area contributed by atoms with Crippen molar-refractivity contribution in [2.45, 2.75) is 25.4 Å². The first-order chi connectivity index (χ1) is 7.81. The molecule has 0 N–H and O–H groups in total. The third kappa shape index (κ3) is 2.32. The number of hydrogen-bond donors (Lipinski definition) is 0. The van der Waals surface area contributed by atoms with Crippen LogP contribution in [0.25, 0.3) is 0 Å². The van der Waals surface area contributed by atoms with E-state index in [1.165, 1.54) is 12.5 Å². The summed E-state index contributed by atoms with van der Waals surface area (Å²) in [6, 6.07) is 9.95. The van der Waals surface area contributed by atoms with Crippen LogP contribution in [0.2, 0.25) is 0 Å². The molecule has 2 rings (SSSR count). The van der Waals surface area contributed by atoms with Gasteiger partial charge in [0.15, 0.2) is 0 Å². The minimum absolute atomic E-state index is 0.0968. The molecule has 0 radical (unpaired) electrons. The van der Waals surface area contributed by atoms with Gasteiger partial charge >= 0.3 is 5.97 Å². The molecule has 0 aromatic heterocycles. The van der Waals surface area contributed by atoms with Gasteiger partial charge in [0.1, 0.15) is 6.10 Å². The molecule has 0 spiro atoms. The average Bonchev–Trinajstić information content (AvgIpc) is 2.27. The van der Waals surface area contributed by atoms with E-state index in [0.717, 1.165) is 18.4 Å². The third-order valence-corrected chi connectivity index (χ3v) is 3.12. The quantitative estimate of drug-likeness (QED) is 0.570. The smallest absolute Gasteiger partial charge is 0.330 e. The maximum Gasteiger partial charge on any atom is 0.330 e. The molecule has 1 fully saturated rings. The summed E-state index contributed by atoms with van der Waals surface area (Å²) in [5, 5.41) is 0. The van der Waals surface area contributed by atoms with E-state index in [4.69, 9.17) is 4.74 Å². The molecule has 0 aliphatic heterocycles. The Labute approximate surface area is 95.9 Å². The Morgan fingerprint density at radius 2 is 2.06 bits per heavy atom. The van der Waals surface area contributed by atoms with E-state index in [9.17, 15) is 4.79 Å². The first-order valence-electron chi connectivity index (χ1n) is 5.69. The fourth-order valence-corrected chi connectivity index (χ4v) is 1.99. The van der Waals surface area contributed by atoms with E-state index in [0.29, 0.717) is 5.92 Å². The van der Waals surface area contributed by atoms with Gasteiger partial charge in [0.05, 0.1) is 0 Å². The van der Waals surface area contributed by atoms with Crippen LogP contribution in [0, 0.1) is 5.92 Å². The molecule has 0 heterocycles. The second-order valence-corrected chi connectivity index (χ2v) is 4.16. The molecule has 2 heteroatoms. The van der Waals surface area contributed by atoms with Crippen molar-refractivity contribution in [3.63, 3.8) is 0 Å². The average molecular weight is 216 g/mol. The molecule has 1 atom stereocenters. The van der Waals surface area contributed by atoms with Gasteiger partial charge in [0.2, 0.25) is 0 Å². The van der Waals surface area contributed by atoms with Gasteiger partial charge in [-0.15, -0.1) is 0 Å². The number of rotatable bonds is 4. The summed E-state index contributed by atoms with van der Waals surface area (Å²) >= 11 is 0. The summed E-state index contributed by atoms with van der Waals surface area (Å²) in [7, 11) is 0. The molecule has 1 unspecified atom stereocenters. The molecule has 1 saturated carbocycles. The number of benzene rings is 1. The highest BCUT2D eigenvalue weighted by atomic mass is 16.5. The zero-order chi connectivity index (χ0) is 11.4. The highest BCUT2D eigenvalue weighted by Crippen LogP contribution is 2.40. The Bertz CT molecular complexity index is 366. The van der Waals surface area contributed by atoms with Gasteiger partial charge in [0, 0.05) is 12.0 Å². The minimum atomic E-state index is -0.333. The molecule has 2 nitrogen and oxygen atoms in total. The fourth-order valence-electron chi connectivity index (χ4n) is 1.99. The van der Waals surface area contributed by atoms with Crippen LogP contribution in [0.5, 0.6) is 0 Å². The van der Waals surface area contributed by atoms with E-state index in [1.54, 1.807) is 0 Å². The Morgan fingerprint density at radius 3 is 2.56 bits per heavy atom. The lowest BCUT2D eigenvalue weighted by Crippen LogP contribution is -2.24. The molecule has 1 aromatic carbocycles. The van der Waals surface area contributed by atoms with Gasteiger partial charge < -0.3 is 4.74 Å². The molecule has 0 bridgehead atoms. The van der Waals surface area contributed by atoms with Crippen LogP contribution >= 0.6 is 0 Å². The van der Waals surface area contributed by atoms with Crippen molar-refractivity contribution in [2.24, 2.45) is 5.92 Å². The van der Waals surface area contributed by atoms with E-state index in [1.807, 2.05) is 30.3 Å². The number of esters is 1. The zero-order valence-electron chi connectivity index (χ0n) is 9.26. The van der Waals surface area contributed by atoms with Crippen LogP contribution in [0.15, 0.2) is 43.0 Å². The second-order valence-electron chi connectivity index (χ2n) is 4.16. The first-order valence-corrected chi connectivity index (χ1v) is 5.69. The molecular formula is C14H16O2. The topological polar surface area (TPSA) is 26.3 Å². The van der Waals surface area contributed by atoms with Crippen molar-refractivity contribution in [3.05, 3.63) is 48.6 Å². The Kier molecular flexibility index (Phi) is 3.40. The number of carbonyl (C=O) groups excluding carboxylic acids is 1. The molecule has 84 valence electrons. The van der Waals surface area contributed by atoms with Crippen molar-refractivity contribution < 1.29 is 9.53 Å². The molecule has 1 aliphatic rings. The summed E-state index contributed by atoms with van der Waals surface area (Å²) in [4.78, 5) is 11.3. The Hall–Kier alpha value is -1.57. The van der Waals surface area contributed by atoms with Crippen LogP contribution in [0.3, 0.4) is 0 Å². The molecule has 16 heavy (non-hydrogen) atoms. The van der Waals surface area contributed by atoms with E-state index in [2.05, 4.69) is 6.58 Å². The molecule has 1 aromatic rings. The standard InChI is InChI=1S/C14H16O2/c1-2-13(15)16-14(12-9-6-10-12)11-7-4-3-5-8-11/h2-5,7-8,12,14H,1,6,9-10H2. The third-order valence-electron chi connectivity index (χ3n) is 3.12. The van der Waals surface area contributed by atoms with Crippen molar-refractivity contribution in [1.82, 2.24) is 0 Å². The Morgan fingerprint density at radius 1 is 1.38 bits per heavy atom. The summed E-state index contributed by atoms with van der Waals surface area (Å²) in [5.74, 6) is 0.145. The van der Waals surface area contributed by atoms with E-state index < -0.39 is 0 Å². The van der Waals surface area contributed by atoms with Crippen molar-refractivity contribution >= 4 is 5.97 Å². The van der Waals surface area contributed by atoms with Gasteiger partial charge in [-0.2, -0.15) is 0 Å². The minimum Gasteiger partial charge on any atom is -0.454 e. The molecular weight excluding hydrogens is 200 g/mol. The molecule has 0 amide bonds. The molecule has 1 aliphatic carbocycles. The monoisotopic (exact) mass is 216 g/mol. The van der Waals surface area contributed by atoms with Crippen molar-refractivity contribution in [1.29, 1.82) is 0 Å². The number of hydrogen-bond acceptors (Lipinski definition) is 2. The normalized spacial score (nSPS) is 17.2. The van der Waals surface area contributed by atoms with E-state index in [-0.39, 0.29) is 12.1 Å². The lowest BCUT2D eigenvalue weighted by atomic mass is 9.78. The molecule has 0 saturated heterocycles. The largest absolute Gasteiger partial charge is 0.454 e. The SMILES string of the molecule is C=CC(=O)OC(c1ccccc1)C1CCC1. The summed E-state index contributed by atoms with van der Waals surface area (Å²) in [6.07, 6.45) is 4.66. The van der Waals surface area contributed by atoms with Crippen LogP contribution in [0.1, 0.15) is 30.9 Å². The van der Waals surface area contributed by atoms with Gasteiger partial charge in [-0.05, 0) is 18.4 Å².